The molecular weight excluding hydrogens is 474 g/mol. The lowest BCUT2D eigenvalue weighted by Gasteiger charge is -2.49. The van der Waals surface area contributed by atoms with Crippen LogP contribution >= 0.6 is 15.9 Å². The maximum atomic E-state index is 10.1. The zero-order chi connectivity index (χ0) is 21.9. The molecule has 3 aromatic rings. The molecule has 2 aliphatic rings. The topological polar surface area (TPSA) is 70.0 Å². The quantitative estimate of drug-likeness (QED) is 0.528. The van der Waals surface area contributed by atoms with Crippen LogP contribution in [0.15, 0.2) is 83.5 Å². The monoisotopic (exact) mass is 497 g/mol. The molecule has 6 unspecified atom stereocenters. The van der Waals surface area contributed by atoms with Crippen molar-refractivity contribution in [2.45, 2.75) is 43.4 Å². The molecule has 1 aromatic heterocycles. The minimum Gasteiger partial charge on any atom is -0.394 e. The van der Waals surface area contributed by atoms with Crippen LogP contribution in [0.2, 0.25) is 0 Å². The fourth-order valence-electron chi connectivity index (χ4n) is 4.19. The van der Waals surface area contributed by atoms with Crippen LogP contribution in [-0.2, 0) is 25.4 Å². The highest BCUT2D eigenvalue weighted by Crippen LogP contribution is 2.41. The highest BCUT2D eigenvalue weighted by atomic mass is 79.9. The Morgan fingerprint density at radius 1 is 0.688 bits per heavy atom. The lowest BCUT2D eigenvalue weighted by molar-refractivity contribution is -0.384. The summed E-state index contributed by atoms with van der Waals surface area (Å²) in [4.78, 5) is 4.58. The third-order valence-corrected chi connectivity index (χ3v) is 6.16. The predicted octanol–water partition coefficient (Wildman–Crippen LogP) is 4.34. The van der Waals surface area contributed by atoms with Crippen molar-refractivity contribution in [3.05, 3.63) is 100 Å². The van der Waals surface area contributed by atoms with Gasteiger partial charge in [-0.15, -0.1) is 0 Å². The van der Waals surface area contributed by atoms with E-state index in [1.807, 2.05) is 78.9 Å². The standard InChI is InChI=1S/C25H24BrNO5/c26-21-13-7-12-18(27-21)14-19-22-23(32-24(29-19)16-8-3-1-4-9-16)20(15-28)30-25(31-22)17-10-5-2-6-11-17/h1-13,19-20,22-25,28H,14-15H2. The number of aliphatic hydroxyl groups excluding tert-OH is 1. The lowest BCUT2D eigenvalue weighted by Crippen LogP contribution is -2.59. The number of halogens is 1. The van der Waals surface area contributed by atoms with Crippen LogP contribution in [-0.4, -0.2) is 41.1 Å². The summed E-state index contributed by atoms with van der Waals surface area (Å²) in [5.74, 6) is 0. The van der Waals surface area contributed by atoms with Gasteiger partial charge in [-0.3, -0.25) is 0 Å². The number of aromatic nitrogens is 1. The first-order valence-electron chi connectivity index (χ1n) is 10.7. The number of pyridine rings is 1. The second-order valence-electron chi connectivity index (χ2n) is 7.87. The van der Waals surface area contributed by atoms with Crippen molar-refractivity contribution in [1.29, 1.82) is 0 Å². The summed E-state index contributed by atoms with van der Waals surface area (Å²) in [5.41, 5.74) is 2.66. The molecular formula is C25H24BrNO5. The van der Waals surface area contributed by atoms with Gasteiger partial charge in [-0.1, -0.05) is 66.7 Å². The fourth-order valence-corrected chi connectivity index (χ4v) is 4.57. The summed E-state index contributed by atoms with van der Waals surface area (Å²) in [6.07, 6.45) is -2.50. The summed E-state index contributed by atoms with van der Waals surface area (Å²) in [6, 6.07) is 25.3. The van der Waals surface area contributed by atoms with E-state index < -0.39 is 30.9 Å². The summed E-state index contributed by atoms with van der Waals surface area (Å²) in [7, 11) is 0. The van der Waals surface area contributed by atoms with Gasteiger partial charge in [-0.25, -0.2) is 4.98 Å². The van der Waals surface area contributed by atoms with E-state index in [2.05, 4.69) is 20.9 Å². The van der Waals surface area contributed by atoms with E-state index in [4.69, 9.17) is 18.9 Å². The van der Waals surface area contributed by atoms with E-state index >= 15 is 0 Å². The molecule has 2 fully saturated rings. The van der Waals surface area contributed by atoms with Crippen LogP contribution in [0.3, 0.4) is 0 Å². The number of rotatable bonds is 5. The molecule has 6 atom stereocenters. The van der Waals surface area contributed by atoms with Crippen LogP contribution in [0.1, 0.15) is 29.4 Å². The molecule has 0 amide bonds. The molecule has 2 aliphatic heterocycles. The summed E-state index contributed by atoms with van der Waals surface area (Å²) in [5, 5.41) is 10.1. The zero-order valence-electron chi connectivity index (χ0n) is 17.3. The molecule has 3 heterocycles. The van der Waals surface area contributed by atoms with E-state index in [1.165, 1.54) is 0 Å². The van der Waals surface area contributed by atoms with Gasteiger partial charge in [-0.05, 0) is 28.1 Å². The first-order chi connectivity index (χ1) is 15.7. The molecule has 0 saturated carbocycles. The van der Waals surface area contributed by atoms with E-state index in [9.17, 15) is 5.11 Å². The predicted molar refractivity (Wildman–Crippen MR) is 121 cm³/mol. The minimum atomic E-state index is -0.618. The van der Waals surface area contributed by atoms with Gasteiger partial charge < -0.3 is 24.1 Å². The van der Waals surface area contributed by atoms with Gasteiger partial charge in [0.1, 0.15) is 22.9 Å². The van der Waals surface area contributed by atoms with Crippen molar-refractivity contribution in [3.8, 4) is 0 Å². The van der Waals surface area contributed by atoms with Gasteiger partial charge in [0.05, 0.1) is 12.7 Å². The SMILES string of the molecule is OCC1OC(c2ccccc2)OC2C(Cc3cccc(Br)n3)OC(c3ccccc3)OC12. The average molecular weight is 498 g/mol. The molecule has 6 nitrogen and oxygen atoms in total. The highest BCUT2D eigenvalue weighted by Gasteiger charge is 2.50. The van der Waals surface area contributed by atoms with Gasteiger partial charge >= 0.3 is 0 Å². The molecule has 1 N–H and O–H groups in total. The Labute approximate surface area is 195 Å². The molecule has 0 aliphatic carbocycles. The fraction of sp³-hybridized carbons (Fsp3) is 0.320. The van der Waals surface area contributed by atoms with E-state index in [-0.39, 0.29) is 12.7 Å². The van der Waals surface area contributed by atoms with Crippen molar-refractivity contribution < 1.29 is 24.1 Å². The second kappa shape index (κ2) is 9.79. The average Bonchev–Trinajstić information content (AvgIpc) is 2.84. The smallest absolute Gasteiger partial charge is 0.184 e. The maximum Gasteiger partial charge on any atom is 0.184 e. The van der Waals surface area contributed by atoms with Crippen LogP contribution < -0.4 is 0 Å². The van der Waals surface area contributed by atoms with Gasteiger partial charge in [0.25, 0.3) is 0 Å². The van der Waals surface area contributed by atoms with Crippen molar-refractivity contribution in [1.82, 2.24) is 4.98 Å². The number of nitrogens with zero attached hydrogens (tertiary/aromatic N) is 1. The first-order valence-corrected chi connectivity index (χ1v) is 11.4. The molecule has 32 heavy (non-hydrogen) atoms. The number of benzene rings is 2. The third-order valence-electron chi connectivity index (χ3n) is 5.72. The van der Waals surface area contributed by atoms with Crippen LogP contribution in [0, 0.1) is 0 Å². The molecule has 7 heteroatoms. The highest BCUT2D eigenvalue weighted by molar-refractivity contribution is 9.10. The van der Waals surface area contributed by atoms with Crippen LogP contribution in [0.5, 0.6) is 0 Å². The number of hydrogen-bond donors (Lipinski definition) is 1. The van der Waals surface area contributed by atoms with Crippen molar-refractivity contribution in [2.75, 3.05) is 6.61 Å². The third kappa shape index (κ3) is 4.64. The number of hydrogen-bond acceptors (Lipinski definition) is 6. The molecule has 2 saturated heterocycles. The Hall–Kier alpha value is -2.13. The van der Waals surface area contributed by atoms with Gasteiger partial charge in [0, 0.05) is 23.2 Å². The number of aliphatic hydroxyl groups is 1. The molecule has 0 spiro atoms. The Morgan fingerprint density at radius 2 is 1.25 bits per heavy atom. The Bertz CT molecular complexity index is 1020. The number of fused-ring (bicyclic) bond motifs is 1. The number of ether oxygens (including phenoxy) is 4. The second-order valence-corrected chi connectivity index (χ2v) is 8.69. The van der Waals surface area contributed by atoms with E-state index in [1.54, 1.807) is 0 Å². The molecule has 0 radical (unpaired) electrons. The van der Waals surface area contributed by atoms with Gasteiger partial charge in [0.15, 0.2) is 12.6 Å². The van der Waals surface area contributed by atoms with E-state index in [0.29, 0.717) is 6.42 Å². The minimum absolute atomic E-state index is 0.183. The normalized spacial score (nSPS) is 29.9. The van der Waals surface area contributed by atoms with E-state index in [0.717, 1.165) is 21.4 Å². The summed E-state index contributed by atoms with van der Waals surface area (Å²) in [6.45, 7) is -0.183. The Balaban J connectivity index is 1.47. The Morgan fingerprint density at radius 3 is 1.81 bits per heavy atom. The van der Waals surface area contributed by atoms with Gasteiger partial charge in [0.2, 0.25) is 0 Å². The first kappa shape index (κ1) is 21.7. The molecule has 166 valence electrons. The molecule has 0 bridgehead atoms. The maximum absolute atomic E-state index is 10.1. The summed E-state index contributed by atoms with van der Waals surface area (Å²) < 4.78 is 26.0. The van der Waals surface area contributed by atoms with Gasteiger partial charge in [-0.2, -0.15) is 0 Å². The van der Waals surface area contributed by atoms with Crippen molar-refractivity contribution in [2.24, 2.45) is 0 Å². The Kier molecular flexibility index (Phi) is 6.64. The lowest BCUT2D eigenvalue weighted by atomic mass is 9.95. The van der Waals surface area contributed by atoms with Crippen molar-refractivity contribution >= 4 is 15.9 Å². The van der Waals surface area contributed by atoms with Crippen LogP contribution in [0.25, 0.3) is 0 Å². The zero-order valence-corrected chi connectivity index (χ0v) is 18.9. The largest absolute Gasteiger partial charge is 0.394 e. The summed E-state index contributed by atoms with van der Waals surface area (Å²) >= 11 is 3.44. The molecule has 5 rings (SSSR count). The molecule has 2 aromatic carbocycles. The van der Waals surface area contributed by atoms with Crippen molar-refractivity contribution in [3.63, 3.8) is 0 Å². The van der Waals surface area contributed by atoms with Crippen LogP contribution in [0.4, 0.5) is 0 Å².